The van der Waals surface area contributed by atoms with Crippen LogP contribution in [0.2, 0.25) is 5.02 Å². The van der Waals surface area contributed by atoms with Crippen LogP contribution in [0.5, 0.6) is 0 Å². The third-order valence-corrected chi connectivity index (χ3v) is 1.83. The first kappa shape index (κ1) is 12.6. The highest BCUT2D eigenvalue weighted by Crippen LogP contribution is 2.24. The highest BCUT2D eigenvalue weighted by molar-refractivity contribution is 6.30. The topological polar surface area (TPSA) is 26.0 Å². The number of hydrogen-bond acceptors (Lipinski definition) is 1. The first-order valence-corrected chi connectivity index (χ1v) is 3.80. The highest BCUT2D eigenvalue weighted by Gasteiger charge is 2.15. The van der Waals surface area contributed by atoms with Gasteiger partial charge in [0.25, 0.3) is 0 Å². The fourth-order valence-corrected chi connectivity index (χ4v) is 1.12. The Balaban J connectivity index is 0.00000144. The van der Waals surface area contributed by atoms with E-state index in [1.165, 1.54) is 6.92 Å². The molecule has 1 aromatic rings. The molecule has 0 saturated carbocycles. The fourth-order valence-electron chi connectivity index (χ4n) is 0.960. The summed E-state index contributed by atoms with van der Waals surface area (Å²) in [6, 6.07) is 1.58. The molecule has 0 saturated heterocycles. The molecule has 13 heavy (non-hydrogen) atoms. The van der Waals surface area contributed by atoms with Gasteiger partial charge in [-0.2, -0.15) is 0 Å². The van der Waals surface area contributed by atoms with Gasteiger partial charge in [-0.3, -0.25) is 0 Å². The summed E-state index contributed by atoms with van der Waals surface area (Å²) in [6.45, 7) is 1.50. The second kappa shape index (κ2) is 4.74. The van der Waals surface area contributed by atoms with Crippen molar-refractivity contribution < 1.29 is 8.78 Å². The first-order valence-electron chi connectivity index (χ1n) is 3.43. The maximum atomic E-state index is 13.1. The smallest absolute Gasteiger partial charge is 0.149 e. The monoisotopic (exact) mass is 227 g/mol. The zero-order valence-electron chi connectivity index (χ0n) is 6.85. The van der Waals surface area contributed by atoms with E-state index in [4.69, 9.17) is 17.3 Å². The van der Waals surface area contributed by atoms with Gasteiger partial charge in [0.15, 0.2) is 0 Å². The molecule has 1 aromatic carbocycles. The molecule has 0 aliphatic carbocycles. The Labute approximate surface area is 86.3 Å². The summed E-state index contributed by atoms with van der Waals surface area (Å²) in [6.07, 6.45) is 0. The molecule has 1 atom stereocenters. The van der Waals surface area contributed by atoms with Crippen molar-refractivity contribution in [2.24, 2.45) is 5.73 Å². The summed E-state index contributed by atoms with van der Waals surface area (Å²) in [5.41, 5.74) is 5.18. The van der Waals surface area contributed by atoms with Crippen molar-refractivity contribution in [3.63, 3.8) is 0 Å². The van der Waals surface area contributed by atoms with Gasteiger partial charge in [-0.15, -0.1) is 12.4 Å². The molecule has 0 spiro atoms. The lowest BCUT2D eigenvalue weighted by Gasteiger charge is -2.08. The van der Waals surface area contributed by atoms with E-state index in [9.17, 15) is 8.78 Å². The molecule has 0 radical (unpaired) electrons. The van der Waals surface area contributed by atoms with E-state index >= 15 is 0 Å². The van der Waals surface area contributed by atoms with Crippen LogP contribution in [-0.2, 0) is 0 Å². The van der Waals surface area contributed by atoms with Crippen LogP contribution in [0, 0.1) is 11.6 Å². The lowest BCUT2D eigenvalue weighted by atomic mass is 10.1. The van der Waals surface area contributed by atoms with Crippen LogP contribution in [0.4, 0.5) is 8.78 Å². The number of benzene rings is 1. The zero-order chi connectivity index (χ0) is 9.30. The van der Waals surface area contributed by atoms with Crippen LogP contribution < -0.4 is 5.73 Å². The molecule has 0 aromatic heterocycles. The van der Waals surface area contributed by atoms with Gasteiger partial charge in [0, 0.05) is 11.6 Å². The van der Waals surface area contributed by atoms with E-state index in [-0.39, 0.29) is 23.0 Å². The lowest BCUT2D eigenvalue weighted by Crippen LogP contribution is -2.10. The second-order valence-electron chi connectivity index (χ2n) is 2.55. The lowest BCUT2D eigenvalue weighted by molar-refractivity contribution is 0.537. The second-order valence-corrected chi connectivity index (χ2v) is 2.95. The summed E-state index contributed by atoms with van der Waals surface area (Å²) in [5.74, 6) is -1.43. The quantitative estimate of drug-likeness (QED) is 0.734. The van der Waals surface area contributed by atoms with Crippen LogP contribution in [0.1, 0.15) is 18.5 Å². The molecule has 5 heteroatoms. The molecule has 0 unspecified atom stereocenters. The van der Waals surface area contributed by atoms with Gasteiger partial charge in [-0.05, 0) is 19.1 Å². The van der Waals surface area contributed by atoms with Crippen molar-refractivity contribution >= 4 is 24.0 Å². The summed E-state index contributed by atoms with van der Waals surface area (Å²) >= 11 is 5.43. The summed E-state index contributed by atoms with van der Waals surface area (Å²) in [4.78, 5) is 0. The average Bonchev–Trinajstić information content (AvgIpc) is 1.97. The fraction of sp³-hybridized carbons (Fsp3) is 0.250. The minimum atomic E-state index is -0.772. The Hall–Kier alpha value is -0.380. The van der Waals surface area contributed by atoms with Crippen molar-refractivity contribution in [1.29, 1.82) is 0 Å². The van der Waals surface area contributed by atoms with Crippen LogP contribution in [-0.4, -0.2) is 0 Å². The first-order chi connectivity index (χ1) is 5.54. The third-order valence-electron chi connectivity index (χ3n) is 1.53. The largest absolute Gasteiger partial charge is 0.324 e. The van der Waals surface area contributed by atoms with Crippen molar-refractivity contribution in [1.82, 2.24) is 0 Å². The van der Waals surface area contributed by atoms with Gasteiger partial charge in [-0.1, -0.05) is 11.6 Å². The van der Waals surface area contributed by atoms with Crippen molar-refractivity contribution in [2.75, 3.05) is 0 Å². The number of halogens is 4. The van der Waals surface area contributed by atoms with Gasteiger partial charge in [0.1, 0.15) is 11.6 Å². The molecule has 0 bridgehead atoms. The van der Waals surface area contributed by atoms with Gasteiger partial charge >= 0.3 is 0 Å². The molecule has 0 aliphatic rings. The summed E-state index contributed by atoms with van der Waals surface area (Å²) < 4.78 is 26.0. The van der Waals surface area contributed by atoms with Crippen LogP contribution >= 0.6 is 24.0 Å². The van der Waals surface area contributed by atoms with Gasteiger partial charge in [0.05, 0.1) is 5.02 Å². The Morgan fingerprint density at radius 3 is 2.31 bits per heavy atom. The van der Waals surface area contributed by atoms with Crippen molar-refractivity contribution in [2.45, 2.75) is 13.0 Å². The summed E-state index contributed by atoms with van der Waals surface area (Å²) in [5, 5.41) is -0.108. The van der Waals surface area contributed by atoms with Crippen molar-refractivity contribution in [3.8, 4) is 0 Å². The van der Waals surface area contributed by atoms with Crippen LogP contribution in [0.3, 0.4) is 0 Å². The molecule has 0 heterocycles. The Morgan fingerprint density at radius 1 is 1.38 bits per heavy atom. The zero-order valence-corrected chi connectivity index (χ0v) is 8.42. The SMILES string of the molecule is C[C@@H](N)c1c(F)ccc(Cl)c1F.Cl. The number of rotatable bonds is 1. The molecule has 1 nitrogen and oxygen atoms in total. The van der Waals surface area contributed by atoms with Crippen LogP contribution in [0.25, 0.3) is 0 Å². The van der Waals surface area contributed by atoms with Crippen LogP contribution in [0.15, 0.2) is 12.1 Å². The van der Waals surface area contributed by atoms with Crippen molar-refractivity contribution in [3.05, 3.63) is 34.4 Å². The third kappa shape index (κ3) is 2.53. The normalized spacial score (nSPS) is 12.1. The predicted octanol–water partition coefficient (Wildman–Crippen LogP) is 3.06. The van der Waals surface area contributed by atoms with E-state index in [1.54, 1.807) is 0 Å². The van der Waals surface area contributed by atoms with E-state index in [1.807, 2.05) is 0 Å². The minimum Gasteiger partial charge on any atom is -0.324 e. The average molecular weight is 228 g/mol. The number of hydrogen-bond donors (Lipinski definition) is 1. The molecule has 1 rings (SSSR count). The molecular weight excluding hydrogens is 219 g/mol. The van der Waals surface area contributed by atoms with E-state index in [0.717, 1.165) is 12.1 Å². The Morgan fingerprint density at radius 2 is 1.92 bits per heavy atom. The molecule has 0 aliphatic heterocycles. The van der Waals surface area contributed by atoms with Gasteiger partial charge in [-0.25, -0.2) is 8.78 Å². The van der Waals surface area contributed by atoms with Gasteiger partial charge < -0.3 is 5.73 Å². The Bertz CT molecular complexity index is 302. The summed E-state index contributed by atoms with van der Waals surface area (Å²) in [7, 11) is 0. The molecule has 0 amide bonds. The number of nitrogens with two attached hydrogens (primary N) is 1. The molecule has 0 fully saturated rings. The van der Waals surface area contributed by atoms with Gasteiger partial charge in [0.2, 0.25) is 0 Å². The molecule has 74 valence electrons. The minimum absolute atomic E-state index is 0. The van der Waals surface area contributed by atoms with E-state index < -0.39 is 17.7 Å². The maximum Gasteiger partial charge on any atom is 0.149 e. The van der Waals surface area contributed by atoms with E-state index in [0.29, 0.717) is 0 Å². The maximum absolute atomic E-state index is 13.1. The standard InChI is InChI=1S/C8H8ClF2N.ClH/c1-4(12)7-6(10)3-2-5(9)8(7)11;/h2-4H,12H2,1H3;1H/t4-;/m1./s1. The Kier molecular flexibility index (Phi) is 4.61. The molecular formula is C8H9Cl2F2N. The predicted molar refractivity (Wildman–Crippen MR) is 51.2 cm³/mol. The molecule has 2 N–H and O–H groups in total. The highest BCUT2D eigenvalue weighted by atomic mass is 35.5. The van der Waals surface area contributed by atoms with E-state index in [2.05, 4.69) is 0 Å².